The van der Waals surface area contributed by atoms with E-state index in [1.807, 2.05) is 0 Å². The van der Waals surface area contributed by atoms with Gasteiger partial charge in [0, 0.05) is 13.1 Å². The Labute approximate surface area is 107 Å². The van der Waals surface area contributed by atoms with E-state index in [1.54, 1.807) is 13.2 Å². The maximum absolute atomic E-state index is 6.09. The van der Waals surface area contributed by atoms with E-state index in [4.69, 9.17) is 11.6 Å². The van der Waals surface area contributed by atoms with Crippen LogP contribution >= 0.6 is 11.6 Å². The van der Waals surface area contributed by atoms with Crippen molar-refractivity contribution in [2.45, 2.75) is 38.6 Å². The summed E-state index contributed by atoms with van der Waals surface area (Å²) in [5.74, 6) is 2.23. The minimum atomic E-state index is 0.458. The van der Waals surface area contributed by atoms with Crippen LogP contribution in [-0.4, -0.2) is 23.1 Å². The van der Waals surface area contributed by atoms with E-state index in [9.17, 15) is 0 Å². The van der Waals surface area contributed by atoms with Gasteiger partial charge < -0.3 is 10.6 Å². The predicted octanol–water partition coefficient (Wildman–Crippen LogP) is 3.16. The number of anilines is 2. The fourth-order valence-electron chi connectivity index (χ4n) is 1.87. The number of hydrogen-bond acceptors (Lipinski definition) is 4. The lowest BCUT2D eigenvalue weighted by molar-refractivity contribution is 0.585. The average molecular weight is 255 g/mol. The van der Waals surface area contributed by atoms with E-state index in [-0.39, 0.29) is 0 Å². The summed E-state index contributed by atoms with van der Waals surface area (Å²) in [6, 6.07) is 0.458. The molecule has 0 spiro atoms. The zero-order valence-electron chi connectivity index (χ0n) is 10.3. The van der Waals surface area contributed by atoms with Crippen LogP contribution in [0.3, 0.4) is 0 Å². The second kappa shape index (κ2) is 5.54. The minimum absolute atomic E-state index is 0.458. The molecular formula is C12H19ClN4. The van der Waals surface area contributed by atoms with E-state index in [0.29, 0.717) is 17.0 Å². The lowest BCUT2D eigenvalue weighted by Crippen LogP contribution is -2.20. The molecule has 1 aliphatic carbocycles. The van der Waals surface area contributed by atoms with Gasteiger partial charge in [-0.1, -0.05) is 31.4 Å². The highest BCUT2D eigenvalue weighted by Crippen LogP contribution is 2.35. The normalized spacial score (nSPS) is 16.6. The molecule has 0 aliphatic heterocycles. The van der Waals surface area contributed by atoms with Crippen molar-refractivity contribution in [3.63, 3.8) is 0 Å². The molecule has 1 aliphatic rings. The largest absolute Gasteiger partial charge is 0.366 e. The SMILES string of the molecule is CCC(CC1CC1)Nc1nc(NC)ncc1Cl. The van der Waals surface area contributed by atoms with E-state index in [2.05, 4.69) is 27.5 Å². The van der Waals surface area contributed by atoms with Gasteiger partial charge in [-0.25, -0.2) is 4.98 Å². The van der Waals surface area contributed by atoms with Gasteiger partial charge in [-0.05, 0) is 18.8 Å². The minimum Gasteiger partial charge on any atom is -0.366 e. The van der Waals surface area contributed by atoms with E-state index < -0.39 is 0 Å². The van der Waals surface area contributed by atoms with Crippen LogP contribution < -0.4 is 10.6 Å². The second-order valence-corrected chi connectivity index (χ2v) is 4.98. The van der Waals surface area contributed by atoms with Gasteiger partial charge in [0.1, 0.15) is 5.02 Å². The zero-order chi connectivity index (χ0) is 12.3. The van der Waals surface area contributed by atoms with Gasteiger partial charge in [-0.15, -0.1) is 0 Å². The molecule has 1 atom stereocenters. The zero-order valence-corrected chi connectivity index (χ0v) is 11.1. The van der Waals surface area contributed by atoms with Gasteiger partial charge in [0.2, 0.25) is 5.95 Å². The van der Waals surface area contributed by atoms with E-state index >= 15 is 0 Å². The van der Waals surface area contributed by atoms with Crippen LogP contribution in [0.25, 0.3) is 0 Å². The van der Waals surface area contributed by atoms with Crippen LogP contribution in [0, 0.1) is 5.92 Å². The molecule has 0 saturated heterocycles. The van der Waals surface area contributed by atoms with Gasteiger partial charge in [-0.3, -0.25) is 0 Å². The van der Waals surface area contributed by atoms with Crippen LogP contribution in [0.1, 0.15) is 32.6 Å². The number of halogens is 1. The molecule has 5 heteroatoms. The Hall–Kier alpha value is -1.03. The number of rotatable bonds is 6. The van der Waals surface area contributed by atoms with Crippen molar-refractivity contribution in [2.24, 2.45) is 5.92 Å². The van der Waals surface area contributed by atoms with Crippen LogP contribution in [-0.2, 0) is 0 Å². The first-order chi connectivity index (χ1) is 8.22. The molecule has 1 aromatic rings. The Kier molecular flexibility index (Phi) is 4.05. The van der Waals surface area contributed by atoms with Crippen molar-refractivity contribution in [3.8, 4) is 0 Å². The molecule has 0 aromatic carbocycles. The van der Waals surface area contributed by atoms with Crippen molar-refractivity contribution in [2.75, 3.05) is 17.7 Å². The third-order valence-electron chi connectivity index (χ3n) is 3.12. The Balaban J connectivity index is 2.03. The molecule has 0 amide bonds. The van der Waals surface area contributed by atoms with Crippen molar-refractivity contribution in [3.05, 3.63) is 11.2 Å². The fraction of sp³-hybridized carbons (Fsp3) is 0.667. The van der Waals surface area contributed by atoms with Gasteiger partial charge >= 0.3 is 0 Å². The van der Waals surface area contributed by atoms with Gasteiger partial charge in [-0.2, -0.15) is 4.98 Å². The van der Waals surface area contributed by atoms with Crippen LogP contribution in [0.15, 0.2) is 6.20 Å². The Bertz CT molecular complexity index is 379. The summed E-state index contributed by atoms with van der Waals surface area (Å²) >= 11 is 6.09. The van der Waals surface area contributed by atoms with Gasteiger partial charge in [0.05, 0.1) is 6.20 Å². The molecule has 1 fully saturated rings. The average Bonchev–Trinajstić information content (AvgIpc) is 3.14. The lowest BCUT2D eigenvalue weighted by Gasteiger charge is -2.18. The Morgan fingerprint density at radius 2 is 2.29 bits per heavy atom. The summed E-state index contributed by atoms with van der Waals surface area (Å²) in [4.78, 5) is 8.41. The maximum Gasteiger partial charge on any atom is 0.224 e. The Morgan fingerprint density at radius 3 is 2.88 bits per heavy atom. The first kappa shape index (κ1) is 12.4. The highest BCUT2D eigenvalue weighted by molar-refractivity contribution is 6.32. The van der Waals surface area contributed by atoms with Crippen molar-refractivity contribution in [1.29, 1.82) is 0 Å². The molecule has 2 rings (SSSR count). The molecule has 1 heterocycles. The quantitative estimate of drug-likeness (QED) is 0.819. The summed E-state index contributed by atoms with van der Waals surface area (Å²) in [6.45, 7) is 2.19. The topological polar surface area (TPSA) is 49.8 Å². The van der Waals surface area contributed by atoms with Crippen molar-refractivity contribution < 1.29 is 0 Å². The molecule has 0 bridgehead atoms. The highest BCUT2D eigenvalue weighted by Gasteiger charge is 2.25. The van der Waals surface area contributed by atoms with Gasteiger partial charge in [0.25, 0.3) is 0 Å². The number of nitrogens with zero attached hydrogens (tertiary/aromatic N) is 2. The molecule has 94 valence electrons. The number of aromatic nitrogens is 2. The van der Waals surface area contributed by atoms with E-state index in [1.165, 1.54) is 19.3 Å². The smallest absolute Gasteiger partial charge is 0.224 e. The third-order valence-corrected chi connectivity index (χ3v) is 3.39. The van der Waals surface area contributed by atoms with Crippen LogP contribution in [0.4, 0.5) is 11.8 Å². The lowest BCUT2D eigenvalue weighted by atomic mass is 10.1. The maximum atomic E-state index is 6.09. The third kappa shape index (κ3) is 3.46. The standard InChI is InChI=1S/C12H19ClN4/c1-3-9(6-8-4-5-8)16-11-10(13)7-15-12(14-2)17-11/h7-9H,3-6H2,1-2H3,(H2,14,15,16,17). The molecule has 17 heavy (non-hydrogen) atoms. The summed E-state index contributed by atoms with van der Waals surface area (Å²) in [5, 5.41) is 6.92. The molecule has 1 saturated carbocycles. The summed E-state index contributed by atoms with van der Waals surface area (Å²) in [7, 11) is 1.80. The Morgan fingerprint density at radius 1 is 1.53 bits per heavy atom. The molecule has 0 radical (unpaired) electrons. The summed E-state index contributed by atoms with van der Waals surface area (Å²) in [6.07, 6.45) is 6.68. The summed E-state index contributed by atoms with van der Waals surface area (Å²) in [5.41, 5.74) is 0. The number of nitrogens with one attached hydrogen (secondary N) is 2. The van der Waals surface area contributed by atoms with Crippen molar-refractivity contribution >= 4 is 23.4 Å². The summed E-state index contributed by atoms with van der Waals surface area (Å²) < 4.78 is 0. The fourth-order valence-corrected chi connectivity index (χ4v) is 2.01. The van der Waals surface area contributed by atoms with Crippen LogP contribution in [0.5, 0.6) is 0 Å². The highest BCUT2D eigenvalue weighted by atomic mass is 35.5. The van der Waals surface area contributed by atoms with E-state index in [0.717, 1.165) is 18.2 Å². The number of hydrogen-bond donors (Lipinski definition) is 2. The molecular weight excluding hydrogens is 236 g/mol. The molecule has 2 N–H and O–H groups in total. The molecule has 4 nitrogen and oxygen atoms in total. The van der Waals surface area contributed by atoms with Crippen molar-refractivity contribution in [1.82, 2.24) is 9.97 Å². The molecule has 1 unspecified atom stereocenters. The molecule has 1 aromatic heterocycles. The van der Waals surface area contributed by atoms with Gasteiger partial charge in [0.15, 0.2) is 5.82 Å². The first-order valence-corrected chi connectivity index (χ1v) is 6.57. The second-order valence-electron chi connectivity index (χ2n) is 4.57. The first-order valence-electron chi connectivity index (χ1n) is 6.19. The monoisotopic (exact) mass is 254 g/mol. The van der Waals surface area contributed by atoms with Crippen LogP contribution in [0.2, 0.25) is 5.02 Å². The predicted molar refractivity (Wildman–Crippen MR) is 71.6 cm³/mol.